The first-order valence-electron chi connectivity index (χ1n) is 35.2. The second-order valence-electron chi connectivity index (χ2n) is 27.9. The predicted octanol–water partition coefficient (Wildman–Crippen LogP) is 3.87. The summed E-state index contributed by atoms with van der Waals surface area (Å²) in [6.45, 7) is 15.8. The molecule has 107 heavy (non-hydrogen) atoms. The summed E-state index contributed by atoms with van der Waals surface area (Å²) in [5.41, 5.74) is 3.70. The van der Waals surface area contributed by atoms with E-state index >= 15 is 0 Å². The van der Waals surface area contributed by atoms with E-state index in [1.165, 1.54) is 62.8 Å². The van der Waals surface area contributed by atoms with E-state index in [4.69, 9.17) is 56.9 Å². The van der Waals surface area contributed by atoms with Crippen LogP contribution >= 0.6 is 55.9 Å². The maximum absolute atomic E-state index is 14.6. The molecule has 10 N–H and O–H groups in total. The number of hydrogen-bond acceptors (Lipinski definition) is 30. The number of amides is 3. The Labute approximate surface area is 647 Å². The van der Waals surface area contributed by atoms with Gasteiger partial charge in [-0.25, -0.2) is 5.43 Å². The average molecular weight is 1670 g/mol. The van der Waals surface area contributed by atoms with E-state index in [0.717, 1.165) is 17.3 Å². The smallest absolute Gasteiger partial charge is 0.250 e. The van der Waals surface area contributed by atoms with Crippen LogP contribution in [0.5, 0.6) is 17.2 Å². The molecular formula is C73H98IN5O25S3. The van der Waals surface area contributed by atoms with Crippen LogP contribution in [0.15, 0.2) is 64.4 Å². The SMILES string of the molecule is CCN(C(C)=O)[C@H]1CO[C@@H](OC2[C@H](O[C@@H]3C4=C(NC(=O)CO)C(=O)C[C@@]5(O)C#C/C=C\C3(CSSC(C)(C)CC(=O)N/N=C(\C)c3ccc(OCCCC(C)=O)cc3)C=C45)OC(C)[C@H](NO[C@H]3C[C@@H](O)[C@@H](SC(=O)c4c(C)c(I)c(O[C@@H]5OC(C)[C@H](O)[C@H](OC)C5O)c(CO)c4OC)C(C)O3)[C@@H]2O)C[C@H]1OC. The molecule has 4 heterocycles. The zero-order valence-electron chi connectivity index (χ0n) is 61.9. The van der Waals surface area contributed by atoms with Gasteiger partial charge in [0.15, 0.2) is 30.3 Å². The number of aliphatic hydroxyl groups excluding tert-OH is 6. The van der Waals surface area contributed by atoms with Crippen LogP contribution in [0.4, 0.5) is 0 Å². The molecule has 2 aromatic rings. The lowest BCUT2D eigenvalue weighted by molar-refractivity contribution is -0.342. The Balaban J connectivity index is 0.950. The highest BCUT2D eigenvalue weighted by Crippen LogP contribution is 2.56. The van der Waals surface area contributed by atoms with E-state index < -0.39 is 162 Å². The number of aliphatic hydroxyl groups is 7. The fourth-order valence-electron chi connectivity index (χ4n) is 14.0. The monoisotopic (exact) mass is 1670 g/mol. The van der Waals surface area contributed by atoms with E-state index in [9.17, 15) is 64.5 Å². The van der Waals surface area contributed by atoms with Gasteiger partial charge in [-0.3, -0.25) is 28.8 Å². The number of hydrazone groups is 1. The molecule has 4 aliphatic heterocycles. The Bertz CT molecular complexity index is 3750. The first-order valence-corrected chi connectivity index (χ1v) is 39.5. The number of carbonyl (C=O) groups excluding carboxylic acids is 6. The maximum atomic E-state index is 14.6. The molecular weight excluding hydrogens is 1570 g/mol. The molecule has 4 fully saturated rings. The van der Waals surface area contributed by atoms with Gasteiger partial charge in [-0.05, 0) is 133 Å². The van der Waals surface area contributed by atoms with Gasteiger partial charge in [0.25, 0.3) is 0 Å². The minimum absolute atomic E-state index is 0.0106. The van der Waals surface area contributed by atoms with E-state index in [1.807, 2.05) is 55.5 Å². The topological polar surface area (TPSA) is 406 Å². The Morgan fingerprint density at radius 2 is 1.60 bits per heavy atom. The average Bonchev–Trinajstić information content (AvgIpc) is 1.56. The van der Waals surface area contributed by atoms with Crippen LogP contribution in [0.25, 0.3) is 0 Å². The Morgan fingerprint density at radius 3 is 2.24 bits per heavy atom. The summed E-state index contributed by atoms with van der Waals surface area (Å²) >= 11 is 2.73. The minimum Gasteiger partial charge on any atom is -0.495 e. The van der Waals surface area contributed by atoms with Gasteiger partial charge in [-0.1, -0.05) is 57.3 Å². The summed E-state index contributed by atoms with van der Waals surface area (Å²) in [6, 6.07) is 5.45. The summed E-state index contributed by atoms with van der Waals surface area (Å²) in [5.74, 6) is 4.26. The van der Waals surface area contributed by atoms with Crippen molar-refractivity contribution < 1.29 is 121 Å². The molecule has 20 atom stereocenters. The van der Waals surface area contributed by atoms with E-state index in [0.29, 0.717) is 46.6 Å². The molecule has 3 amide bonds. The first-order chi connectivity index (χ1) is 50.8. The highest BCUT2D eigenvalue weighted by molar-refractivity contribution is 14.1. The number of nitrogens with one attached hydrogen (secondary N) is 3. The molecule has 4 saturated heterocycles. The zero-order chi connectivity index (χ0) is 78.1. The largest absolute Gasteiger partial charge is 0.495 e. The lowest BCUT2D eigenvalue weighted by Gasteiger charge is -2.48. The molecule has 590 valence electrons. The Kier molecular flexibility index (Phi) is 30.0. The lowest BCUT2D eigenvalue weighted by atomic mass is 9.78. The maximum Gasteiger partial charge on any atom is 0.250 e. The van der Waals surface area contributed by atoms with Crippen molar-refractivity contribution >= 4 is 96.1 Å². The third-order valence-corrected chi connectivity index (χ3v) is 25.8. The number of methoxy groups -OCH3 is 3. The van der Waals surface area contributed by atoms with Gasteiger partial charge in [0, 0.05) is 80.4 Å². The second-order valence-corrected chi connectivity index (χ2v) is 33.1. The quantitative estimate of drug-likeness (QED) is 0.0124. The minimum atomic E-state index is -2.12. The number of ketones is 2. The van der Waals surface area contributed by atoms with Crippen molar-refractivity contribution in [3.63, 3.8) is 0 Å². The number of likely N-dealkylation sites (N-methyl/N-ethyl adjacent to an activating group) is 1. The summed E-state index contributed by atoms with van der Waals surface area (Å²) in [4.78, 5) is 88.0. The van der Waals surface area contributed by atoms with Crippen LogP contribution in [-0.4, -0.2) is 254 Å². The summed E-state index contributed by atoms with van der Waals surface area (Å²) in [6.07, 6.45) is -13.1. The standard InChI is InChI=1S/C73H98IN5O25S3/c1-14-79(41(8)83)46-33-97-52(27-49(46)93-11)101-65-60(89)57(78-104-53-26-47(84)66(40(7)98-53)106-68(91)54-36(3)56(74)63(44(31-80)62(54)94-12)102-69-61(90)64(95-13)59(88)39(6)100-69)38(5)99-70(65)103-67-55-45-28-72(67,23-15-16-24-73(45,92)29-48(85)58(55)75-51(87)32-81)34-105-107-71(9,10)30-50(86)77-76-37(4)42-19-21-43(22-20-42)96-25-17-18-35(2)82/h15,19-23,28,38-40,46-47,49,52-53,57,59-61,64-67,69-70,78,80-81,84,88-90,92H,14,17-18,25-27,29-34H2,1-13H3,(H,75,87)(H,77,86)/b23-15-,76-37+/t38?,39?,40?,46-,47+,49+,52-,53-,57-,59-,60-,61?,64-,65?,66-,67+,69-,70-,72?,73-/m0/s1. The van der Waals surface area contributed by atoms with Gasteiger partial charge < -0.3 is 103 Å². The number of ether oxygens (including phenoxy) is 11. The van der Waals surface area contributed by atoms with Gasteiger partial charge in [-0.2, -0.15) is 10.6 Å². The van der Waals surface area contributed by atoms with Crippen molar-refractivity contribution in [2.24, 2.45) is 10.5 Å². The van der Waals surface area contributed by atoms with Crippen molar-refractivity contribution in [2.45, 2.75) is 234 Å². The van der Waals surface area contributed by atoms with Crippen LogP contribution in [0.2, 0.25) is 0 Å². The van der Waals surface area contributed by atoms with E-state index in [2.05, 4.69) is 33.2 Å². The molecule has 3 aliphatic carbocycles. The number of hydroxylamine groups is 1. The molecule has 0 spiro atoms. The second kappa shape index (κ2) is 37.4. The van der Waals surface area contributed by atoms with Gasteiger partial charge in [-0.15, -0.1) is 0 Å². The van der Waals surface area contributed by atoms with Crippen LogP contribution in [0.1, 0.15) is 128 Å². The molecule has 0 saturated carbocycles. The summed E-state index contributed by atoms with van der Waals surface area (Å²) in [5, 5.41) is 85.4. The number of benzene rings is 2. The van der Waals surface area contributed by atoms with Crippen LogP contribution in [0.3, 0.4) is 0 Å². The number of nitrogens with zero attached hydrogens (tertiary/aromatic N) is 2. The summed E-state index contributed by atoms with van der Waals surface area (Å²) in [7, 11) is 6.82. The number of rotatable bonds is 32. The van der Waals surface area contributed by atoms with Crippen molar-refractivity contribution in [1.29, 1.82) is 0 Å². The predicted molar refractivity (Wildman–Crippen MR) is 400 cm³/mol. The number of fused-ring (bicyclic) bond motifs is 1. The highest BCUT2D eigenvalue weighted by Gasteiger charge is 2.59. The lowest BCUT2D eigenvalue weighted by Crippen LogP contribution is -2.65. The molecule has 34 heteroatoms. The van der Waals surface area contributed by atoms with Gasteiger partial charge in [0.05, 0.1) is 107 Å². The van der Waals surface area contributed by atoms with Gasteiger partial charge in [0.2, 0.25) is 29.1 Å². The molecule has 0 radical (unpaired) electrons. The highest BCUT2D eigenvalue weighted by atomic mass is 127. The molecule has 7 aliphatic rings. The van der Waals surface area contributed by atoms with E-state index in [-0.39, 0.29) is 88.7 Å². The Hall–Kier alpha value is -5.19. The number of thioether (sulfide) groups is 1. The summed E-state index contributed by atoms with van der Waals surface area (Å²) < 4.78 is 67.9. The number of Topliss-reactive ketones (excluding diaryl/α,β-unsaturated/α-hetero) is 2. The number of hydrogen-bond donors (Lipinski definition) is 10. The molecule has 30 nitrogen and oxygen atoms in total. The fourth-order valence-corrected chi connectivity index (χ4v) is 18.9. The molecule has 6 unspecified atom stereocenters. The number of halogens is 1. The molecule has 2 aromatic carbocycles. The van der Waals surface area contributed by atoms with Gasteiger partial charge in [0.1, 0.15) is 66.3 Å². The van der Waals surface area contributed by atoms with Crippen LogP contribution < -0.4 is 30.4 Å². The molecule has 9 rings (SSSR count). The molecule has 2 bridgehead atoms. The van der Waals surface area contributed by atoms with Crippen molar-refractivity contribution in [1.82, 2.24) is 21.1 Å². The Morgan fingerprint density at radius 1 is 0.879 bits per heavy atom. The van der Waals surface area contributed by atoms with Crippen molar-refractivity contribution in [3.05, 3.63) is 85.2 Å². The number of carbonyl (C=O) groups is 6. The first kappa shape index (κ1) is 85.8. The third-order valence-electron chi connectivity index (χ3n) is 19.7. The van der Waals surface area contributed by atoms with Crippen LogP contribution in [0, 0.1) is 27.7 Å². The van der Waals surface area contributed by atoms with Crippen molar-refractivity contribution in [2.75, 3.05) is 53.4 Å². The zero-order valence-corrected chi connectivity index (χ0v) is 66.5. The van der Waals surface area contributed by atoms with E-state index in [1.54, 1.807) is 63.8 Å². The normalized spacial score (nSPS) is 32.4. The molecule has 0 aromatic heterocycles. The van der Waals surface area contributed by atoms with Crippen molar-refractivity contribution in [3.8, 4) is 29.1 Å². The third kappa shape index (κ3) is 19.8. The van der Waals surface area contributed by atoms with Crippen LogP contribution in [-0.2, 0) is 73.3 Å². The van der Waals surface area contributed by atoms with Gasteiger partial charge >= 0.3 is 0 Å². The number of allylic oxidation sites excluding steroid dienone is 2. The fraction of sp³-hybridized carbons (Fsp3) is 0.630.